The van der Waals surface area contributed by atoms with E-state index >= 15 is 0 Å². The lowest BCUT2D eigenvalue weighted by Crippen LogP contribution is -2.46. The number of benzene rings is 1. The molecule has 8 heteroatoms. The molecule has 0 aliphatic carbocycles. The van der Waals surface area contributed by atoms with E-state index in [0.717, 1.165) is 5.69 Å². The number of likely N-dealkylation sites (tertiary alicyclic amines) is 1. The molecule has 0 bridgehead atoms. The molecular formula is C19H22ClN3O3S. The SMILES string of the molecule is Cc1csc(NC(=O)C2CCN(C(=O)C(C)Oc3ccccc3Cl)CC2)n1. The standard InChI is InChI=1S/C19H22ClN3O3S/c1-12-11-27-19(21-12)22-17(24)14-7-9-23(10-8-14)18(25)13(2)26-16-6-4-3-5-15(16)20/h3-6,11,13-14H,7-10H2,1-2H3,(H,21,22,24). The lowest BCUT2D eigenvalue weighted by atomic mass is 9.95. The Labute approximate surface area is 167 Å². The smallest absolute Gasteiger partial charge is 0.263 e. The molecule has 1 atom stereocenters. The number of rotatable bonds is 5. The van der Waals surface area contributed by atoms with Crippen LogP contribution in [0, 0.1) is 12.8 Å². The minimum absolute atomic E-state index is 0.0307. The molecule has 144 valence electrons. The molecule has 0 spiro atoms. The summed E-state index contributed by atoms with van der Waals surface area (Å²) in [6.45, 7) is 4.67. The lowest BCUT2D eigenvalue weighted by Gasteiger charge is -2.32. The van der Waals surface area contributed by atoms with E-state index in [-0.39, 0.29) is 17.7 Å². The zero-order valence-electron chi connectivity index (χ0n) is 15.3. The number of ether oxygens (including phenoxy) is 1. The van der Waals surface area contributed by atoms with Crippen LogP contribution in [0.25, 0.3) is 0 Å². The highest BCUT2D eigenvalue weighted by molar-refractivity contribution is 7.13. The molecule has 1 fully saturated rings. The van der Waals surface area contributed by atoms with Crippen molar-refractivity contribution in [1.82, 2.24) is 9.88 Å². The molecule has 6 nitrogen and oxygen atoms in total. The average Bonchev–Trinajstić information content (AvgIpc) is 3.07. The number of aromatic nitrogens is 1. The molecule has 0 saturated carbocycles. The number of para-hydroxylation sites is 1. The molecule has 0 radical (unpaired) electrons. The summed E-state index contributed by atoms with van der Waals surface area (Å²) in [5.74, 6) is 0.257. The summed E-state index contributed by atoms with van der Waals surface area (Å²) in [4.78, 5) is 31.0. The van der Waals surface area contributed by atoms with Gasteiger partial charge >= 0.3 is 0 Å². The number of aryl methyl sites for hydroxylation is 1. The second-order valence-electron chi connectivity index (χ2n) is 6.57. The van der Waals surface area contributed by atoms with Crippen LogP contribution in [0.3, 0.4) is 0 Å². The van der Waals surface area contributed by atoms with E-state index in [1.54, 1.807) is 24.0 Å². The van der Waals surface area contributed by atoms with E-state index in [1.807, 2.05) is 24.4 Å². The lowest BCUT2D eigenvalue weighted by molar-refractivity contribution is -0.140. The molecule has 1 saturated heterocycles. The number of piperidine rings is 1. The number of hydrogen-bond donors (Lipinski definition) is 1. The maximum absolute atomic E-state index is 12.6. The van der Waals surface area contributed by atoms with Gasteiger partial charge in [0.15, 0.2) is 11.2 Å². The number of anilines is 1. The van der Waals surface area contributed by atoms with Gasteiger partial charge in [-0.2, -0.15) is 0 Å². The second-order valence-corrected chi connectivity index (χ2v) is 7.84. The molecule has 1 aliphatic heterocycles. The van der Waals surface area contributed by atoms with Gasteiger partial charge < -0.3 is 15.0 Å². The van der Waals surface area contributed by atoms with E-state index < -0.39 is 6.10 Å². The maximum atomic E-state index is 12.6. The van der Waals surface area contributed by atoms with E-state index in [4.69, 9.17) is 16.3 Å². The fourth-order valence-electron chi connectivity index (χ4n) is 3.02. The number of carbonyl (C=O) groups is 2. The molecule has 2 heterocycles. The summed E-state index contributed by atoms with van der Waals surface area (Å²) in [6.07, 6.45) is 0.621. The van der Waals surface area contributed by atoms with Crippen molar-refractivity contribution in [3.8, 4) is 5.75 Å². The van der Waals surface area contributed by atoms with Crippen LogP contribution < -0.4 is 10.1 Å². The van der Waals surface area contributed by atoms with Crippen molar-refractivity contribution in [2.75, 3.05) is 18.4 Å². The third-order valence-electron chi connectivity index (χ3n) is 4.51. The Kier molecular flexibility index (Phi) is 6.34. The summed E-state index contributed by atoms with van der Waals surface area (Å²) in [7, 11) is 0. The van der Waals surface area contributed by atoms with Crippen LogP contribution in [0.15, 0.2) is 29.6 Å². The molecule has 2 aromatic rings. The maximum Gasteiger partial charge on any atom is 0.263 e. The fraction of sp³-hybridized carbons (Fsp3) is 0.421. The van der Waals surface area contributed by atoms with E-state index in [9.17, 15) is 9.59 Å². The Morgan fingerprint density at radius 1 is 1.33 bits per heavy atom. The number of nitrogens with one attached hydrogen (secondary N) is 1. The van der Waals surface area contributed by atoms with E-state index in [2.05, 4.69) is 10.3 Å². The van der Waals surface area contributed by atoms with Crippen LogP contribution in [0.2, 0.25) is 5.02 Å². The monoisotopic (exact) mass is 407 g/mol. The molecular weight excluding hydrogens is 386 g/mol. The van der Waals surface area contributed by atoms with Crippen LogP contribution in [0.5, 0.6) is 5.75 Å². The van der Waals surface area contributed by atoms with Gasteiger partial charge in [0.25, 0.3) is 5.91 Å². The number of nitrogens with zero attached hydrogens (tertiary/aromatic N) is 2. The fourth-order valence-corrected chi connectivity index (χ4v) is 3.89. The predicted molar refractivity (Wildman–Crippen MR) is 106 cm³/mol. The quantitative estimate of drug-likeness (QED) is 0.819. The minimum atomic E-state index is -0.631. The number of thiazole rings is 1. The Hall–Kier alpha value is -2.12. The van der Waals surface area contributed by atoms with Gasteiger partial charge in [-0.1, -0.05) is 23.7 Å². The van der Waals surface area contributed by atoms with Gasteiger partial charge in [-0.05, 0) is 38.8 Å². The van der Waals surface area contributed by atoms with Crippen molar-refractivity contribution in [3.63, 3.8) is 0 Å². The minimum Gasteiger partial charge on any atom is -0.479 e. The highest BCUT2D eigenvalue weighted by Crippen LogP contribution is 2.26. The van der Waals surface area contributed by atoms with Crippen molar-refractivity contribution < 1.29 is 14.3 Å². The number of halogens is 1. The Morgan fingerprint density at radius 3 is 2.67 bits per heavy atom. The molecule has 1 aromatic heterocycles. The molecule has 1 N–H and O–H groups in total. The molecule has 1 aromatic carbocycles. The van der Waals surface area contributed by atoms with Gasteiger partial charge in [-0.15, -0.1) is 11.3 Å². The second kappa shape index (κ2) is 8.71. The summed E-state index contributed by atoms with van der Waals surface area (Å²) in [6, 6.07) is 7.09. The highest BCUT2D eigenvalue weighted by Gasteiger charge is 2.30. The Bertz CT molecular complexity index is 818. The summed E-state index contributed by atoms with van der Waals surface area (Å²) >= 11 is 7.50. The average molecular weight is 408 g/mol. The molecule has 27 heavy (non-hydrogen) atoms. The zero-order chi connectivity index (χ0) is 19.4. The number of amides is 2. The van der Waals surface area contributed by atoms with Gasteiger partial charge in [-0.3, -0.25) is 9.59 Å². The predicted octanol–water partition coefficient (Wildman–Crippen LogP) is 3.75. The van der Waals surface area contributed by atoms with Crippen molar-refractivity contribution in [1.29, 1.82) is 0 Å². The highest BCUT2D eigenvalue weighted by atomic mass is 35.5. The Morgan fingerprint density at radius 2 is 2.04 bits per heavy atom. The first-order valence-corrected chi connectivity index (χ1v) is 10.1. The zero-order valence-corrected chi connectivity index (χ0v) is 16.8. The largest absolute Gasteiger partial charge is 0.479 e. The van der Waals surface area contributed by atoms with Crippen molar-refractivity contribution in [2.45, 2.75) is 32.8 Å². The topological polar surface area (TPSA) is 71.5 Å². The Balaban J connectivity index is 1.50. The summed E-state index contributed by atoms with van der Waals surface area (Å²) < 4.78 is 5.71. The van der Waals surface area contributed by atoms with Gasteiger partial charge in [0.05, 0.1) is 10.7 Å². The number of carbonyl (C=O) groups excluding carboxylic acids is 2. The van der Waals surface area contributed by atoms with Crippen LogP contribution in [0.4, 0.5) is 5.13 Å². The number of hydrogen-bond acceptors (Lipinski definition) is 5. The van der Waals surface area contributed by atoms with Crippen LogP contribution in [-0.4, -0.2) is 40.9 Å². The first-order valence-electron chi connectivity index (χ1n) is 8.87. The van der Waals surface area contributed by atoms with Crippen LogP contribution >= 0.6 is 22.9 Å². The van der Waals surface area contributed by atoms with Crippen LogP contribution in [0.1, 0.15) is 25.5 Å². The summed E-state index contributed by atoms with van der Waals surface area (Å²) in [5, 5.41) is 5.86. The molecule has 3 rings (SSSR count). The van der Waals surface area contributed by atoms with Gasteiger partial charge in [0.2, 0.25) is 5.91 Å². The van der Waals surface area contributed by atoms with E-state index in [1.165, 1.54) is 11.3 Å². The van der Waals surface area contributed by atoms with E-state index in [0.29, 0.717) is 41.8 Å². The third kappa shape index (κ3) is 4.99. The molecule has 1 aliphatic rings. The van der Waals surface area contributed by atoms with Crippen molar-refractivity contribution in [2.24, 2.45) is 5.92 Å². The van der Waals surface area contributed by atoms with Gasteiger partial charge in [0, 0.05) is 24.4 Å². The van der Waals surface area contributed by atoms with Gasteiger partial charge in [-0.25, -0.2) is 4.98 Å². The van der Waals surface area contributed by atoms with Crippen molar-refractivity contribution in [3.05, 3.63) is 40.4 Å². The first kappa shape index (κ1) is 19.6. The van der Waals surface area contributed by atoms with Crippen molar-refractivity contribution >= 4 is 39.9 Å². The van der Waals surface area contributed by atoms with Gasteiger partial charge in [0.1, 0.15) is 5.75 Å². The normalized spacial score (nSPS) is 16.0. The molecule has 1 unspecified atom stereocenters. The summed E-state index contributed by atoms with van der Waals surface area (Å²) in [5.41, 5.74) is 0.892. The first-order chi connectivity index (χ1) is 12.9. The third-order valence-corrected chi connectivity index (χ3v) is 5.70. The molecule has 2 amide bonds. The van der Waals surface area contributed by atoms with Crippen LogP contribution in [-0.2, 0) is 9.59 Å².